The van der Waals surface area contributed by atoms with Gasteiger partial charge < -0.3 is 14.8 Å². The number of nitrogens with one attached hydrogen (secondary N) is 2. The third kappa shape index (κ3) is 4.05. The maximum absolute atomic E-state index is 11.8. The maximum Gasteiger partial charge on any atom is 0.329 e. The predicted molar refractivity (Wildman–Crippen MR) is 91.0 cm³/mol. The van der Waals surface area contributed by atoms with E-state index in [1.165, 1.54) is 12.6 Å². The first-order valence-electron chi connectivity index (χ1n) is 7.86. The Kier molecular flexibility index (Phi) is 5.34. The number of hydrazone groups is 1. The van der Waals surface area contributed by atoms with Gasteiger partial charge in [0.15, 0.2) is 11.5 Å². The van der Waals surface area contributed by atoms with E-state index in [0.29, 0.717) is 17.1 Å². The Morgan fingerprint density at radius 1 is 1.12 bits per heavy atom. The van der Waals surface area contributed by atoms with Crippen molar-refractivity contribution in [3.05, 3.63) is 22.2 Å². The summed E-state index contributed by atoms with van der Waals surface area (Å²) in [5.41, 5.74) is 2.94. The molecule has 0 saturated heterocycles. The second-order valence-electron chi connectivity index (χ2n) is 5.73. The zero-order valence-electron chi connectivity index (χ0n) is 13.0. The number of ether oxygens (including phenoxy) is 2. The molecule has 0 spiro atoms. The molecule has 0 radical (unpaired) electrons. The molecular weight excluding hydrogens is 378 g/mol. The maximum atomic E-state index is 11.8. The van der Waals surface area contributed by atoms with E-state index in [4.69, 9.17) is 9.47 Å². The highest BCUT2D eigenvalue weighted by atomic mass is 79.9. The van der Waals surface area contributed by atoms with Gasteiger partial charge in [0.25, 0.3) is 0 Å². The predicted octanol–water partition coefficient (Wildman–Crippen LogP) is 2.08. The van der Waals surface area contributed by atoms with Crippen molar-refractivity contribution >= 4 is 34.0 Å². The molecule has 128 valence electrons. The van der Waals surface area contributed by atoms with Crippen molar-refractivity contribution in [2.45, 2.75) is 38.1 Å². The SMILES string of the molecule is O=C(N/N=C\c1cc2c(cc1Br)OCO2)C(=O)NC1CCCCC1. The van der Waals surface area contributed by atoms with E-state index in [1.54, 1.807) is 12.1 Å². The molecule has 2 N–H and O–H groups in total. The van der Waals surface area contributed by atoms with Crippen LogP contribution >= 0.6 is 15.9 Å². The first-order valence-corrected chi connectivity index (χ1v) is 8.66. The van der Waals surface area contributed by atoms with Gasteiger partial charge in [-0.2, -0.15) is 5.10 Å². The van der Waals surface area contributed by atoms with E-state index in [9.17, 15) is 9.59 Å². The number of carbonyl (C=O) groups is 2. The second kappa shape index (κ2) is 7.65. The average molecular weight is 396 g/mol. The Labute approximate surface area is 147 Å². The van der Waals surface area contributed by atoms with Gasteiger partial charge >= 0.3 is 11.8 Å². The van der Waals surface area contributed by atoms with E-state index in [0.717, 1.165) is 30.2 Å². The molecule has 0 unspecified atom stereocenters. The lowest BCUT2D eigenvalue weighted by Gasteiger charge is -2.22. The van der Waals surface area contributed by atoms with Crippen LogP contribution in [0.4, 0.5) is 0 Å². The lowest BCUT2D eigenvalue weighted by Crippen LogP contribution is -2.44. The third-order valence-corrected chi connectivity index (χ3v) is 4.70. The summed E-state index contributed by atoms with van der Waals surface area (Å²) in [6.45, 7) is 0.181. The van der Waals surface area contributed by atoms with Crippen LogP contribution in [0.5, 0.6) is 11.5 Å². The molecule has 2 aliphatic rings. The largest absolute Gasteiger partial charge is 0.454 e. The topological polar surface area (TPSA) is 89.0 Å². The molecule has 7 nitrogen and oxygen atoms in total. The van der Waals surface area contributed by atoms with Gasteiger partial charge in [0, 0.05) is 16.1 Å². The summed E-state index contributed by atoms with van der Waals surface area (Å²) in [6, 6.07) is 3.59. The van der Waals surface area contributed by atoms with Gasteiger partial charge in [-0.3, -0.25) is 9.59 Å². The Morgan fingerprint density at radius 2 is 1.83 bits per heavy atom. The van der Waals surface area contributed by atoms with Gasteiger partial charge in [0.05, 0.1) is 6.21 Å². The lowest BCUT2D eigenvalue weighted by molar-refractivity contribution is -0.139. The Bertz CT molecular complexity index is 672. The zero-order valence-corrected chi connectivity index (χ0v) is 14.6. The van der Waals surface area contributed by atoms with Crippen molar-refractivity contribution < 1.29 is 19.1 Å². The summed E-state index contributed by atoms with van der Waals surface area (Å²) in [7, 11) is 0. The minimum absolute atomic E-state index is 0.0870. The van der Waals surface area contributed by atoms with Gasteiger partial charge in [-0.1, -0.05) is 19.3 Å². The molecule has 0 bridgehead atoms. The van der Waals surface area contributed by atoms with Crippen molar-refractivity contribution in [1.82, 2.24) is 10.7 Å². The van der Waals surface area contributed by atoms with E-state index in [2.05, 4.69) is 31.8 Å². The molecular formula is C16H18BrN3O4. The Morgan fingerprint density at radius 3 is 2.58 bits per heavy atom. The van der Waals surface area contributed by atoms with Crippen LogP contribution in [0, 0.1) is 0 Å². The fraction of sp³-hybridized carbons (Fsp3) is 0.438. The van der Waals surface area contributed by atoms with Gasteiger partial charge in [-0.05, 0) is 40.9 Å². The summed E-state index contributed by atoms with van der Waals surface area (Å²) in [6.07, 6.45) is 6.65. The van der Waals surface area contributed by atoms with Crippen LogP contribution in [-0.2, 0) is 9.59 Å². The van der Waals surface area contributed by atoms with Crippen LogP contribution in [0.3, 0.4) is 0 Å². The van der Waals surface area contributed by atoms with Gasteiger partial charge in [0.2, 0.25) is 6.79 Å². The van der Waals surface area contributed by atoms with Crippen molar-refractivity contribution in [2.24, 2.45) is 5.10 Å². The molecule has 8 heteroatoms. The second-order valence-corrected chi connectivity index (χ2v) is 6.59. The van der Waals surface area contributed by atoms with Gasteiger partial charge in [-0.15, -0.1) is 0 Å². The van der Waals surface area contributed by atoms with E-state index < -0.39 is 11.8 Å². The minimum Gasteiger partial charge on any atom is -0.454 e. The molecule has 1 saturated carbocycles. The molecule has 0 aromatic heterocycles. The van der Waals surface area contributed by atoms with E-state index >= 15 is 0 Å². The Balaban J connectivity index is 1.54. The lowest BCUT2D eigenvalue weighted by atomic mass is 9.95. The monoisotopic (exact) mass is 395 g/mol. The number of rotatable bonds is 3. The summed E-state index contributed by atoms with van der Waals surface area (Å²) in [5.74, 6) is -0.159. The summed E-state index contributed by atoms with van der Waals surface area (Å²) in [4.78, 5) is 23.6. The van der Waals surface area contributed by atoms with Gasteiger partial charge in [-0.25, -0.2) is 5.43 Å². The van der Waals surface area contributed by atoms with E-state index in [-0.39, 0.29) is 12.8 Å². The van der Waals surface area contributed by atoms with E-state index in [1.807, 2.05) is 0 Å². The molecule has 0 atom stereocenters. The summed E-state index contributed by atoms with van der Waals surface area (Å²) < 4.78 is 11.3. The quantitative estimate of drug-likeness (QED) is 0.465. The molecule has 3 rings (SSSR count). The molecule has 1 aromatic rings. The number of amides is 2. The first kappa shape index (κ1) is 16.8. The summed E-state index contributed by atoms with van der Waals surface area (Å²) >= 11 is 3.39. The van der Waals surface area contributed by atoms with Gasteiger partial charge in [0.1, 0.15) is 0 Å². The molecule has 1 aliphatic heterocycles. The van der Waals surface area contributed by atoms with Crippen LogP contribution in [0.2, 0.25) is 0 Å². The number of halogens is 1. The number of carbonyl (C=O) groups excluding carboxylic acids is 2. The van der Waals surface area contributed by atoms with Crippen molar-refractivity contribution in [2.75, 3.05) is 6.79 Å². The molecule has 1 aromatic carbocycles. The molecule has 1 aliphatic carbocycles. The number of hydrogen-bond acceptors (Lipinski definition) is 5. The molecule has 1 heterocycles. The highest BCUT2D eigenvalue weighted by Crippen LogP contribution is 2.36. The smallest absolute Gasteiger partial charge is 0.329 e. The third-order valence-electron chi connectivity index (χ3n) is 4.01. The van der Waals surface area contributed by atoms with Crippen molar-refractivity contribution in [1.29, 1.82) is 0 Å². The van der Waals surface area contributed by atoms with Crippen molar-refractivity contribution in [3.8, 4) is 11.5 Å². The first-order chi connectivity index (χ1) is 11.6. The number of hydrogen-bond donors (Lipinski definition) is 2. The highest BCUT2D eigenvalue weighted by molar-refractivity contribution is 9.10. The normalized spacial score (nSPS) is 17.0. The zero-order chi connectivity index (χ0) is 16.9. The fourth-order valence-corrected chi connectivity index (χ4v) is 3.17. The summed E-state index contributed by atoms with van der Waals surface area (Å²) in [5, 5.41) is 6.57. The number of nitrogens with zero attached hydrogens (tertiary/aromatic N) is 1. The number of fused-ring (bicyclic) bond motifs is 1. The van der Waals surface area contributed by atoms with Crippen LogP contribution < -0.4 is 20.2 Å². The van der Waals surface area contributed by atoms with Crippen LogP contribution in [-0.4, -0.2) is 30.9 Å². The molecule has 1 fully saturated rings. The average Bonchev–Trinajstić information content (AvgIpc) is 3.02. The molecule has 24 heavy (non-hydrogen) atoms. The van der Waals surface area contributed by atoms with Crippen LogP contribution in [0.1, 0.15) is 37.7 Å². The van der Waals surface area contributed by atoms with Crippen LogP contribution in [0.25, 0.3) is 0 Å². The number of benzene rings is 1. The fourth-order valence-electron chi connectivity index (χ4n) is 2.74. The molecule has 2 amide bonds. The minimum atomic E-state index is -0.770. The van der Waals surface area contributed by atoms with Crippen LogP contribution in [0.15, 0.2) is 21.7 Å². The standard InChI is InChI=1S/C16H18BrN3O4/c17-12-7-14-13(23-9-24-14)6-10(12)8-18-20-16(22)15(21)19-11-4-2-1-3-5-11/h6-8,11H,1-5,9H2,(H,19,21)(H,20,22)/b18-8-. The Hall–Kier alpha value is -2.09. The highest BCUT2D eigenvalue weighted by Gasteiger charge is 2.20. The van der Waals surface area contributed by atoms with Crippen molar-refractivity contribution in [3.63, 3.8) is 0 Å².